The highest BCUT2D eigenvalue weighted by Gasteiger charge is 2.38. The third-order valence-electron chi connectivity index (χ3n) is 2.40. The standard InChI is InChI=1S/C8H14S/c1-7(2)5-6-9-8(7,3)4/h5-6H,1-4H3. The molecule has 1 aliphatic heterocycles. The summed E-state index contributed by atoms with van der Waals surface area (Å²) in [6.07, 6.45) is 2.29. The lowest BCUT2D eigenvalue weighted by molar-refractivity contribution is 0.381. The Bertz CT molecular complexity index is 143. The molecule has 0 amide bonds. The Balaban J connectivity index is 2.84. The van der Waals surface area contributed by atoms with Gasteiger partial charge in [0.15, 0.2) is 0 Å². The van der Waals surface area contributed by atoms with E-state index in [1.165, 1.54) is 0 Å². The summed E-state index contributed by atoms with van der Waals surface area (Å²) in [5.41, 5.74) is 0.373. The number of hydrogen-bond donors (Lipinski definition) is 0. The predicted molar refractivity (Wildman–Crippen MR) is 44.6 cm³/mol. The normalized spacial score (nSPS) is 28.9. The number of allylic oxidation sites excluding steroid dienone is 1. The first-order valence-corrected chi connectivity index (χ1v) is 4.19. The summed E-state index contributed by atoms with van der Waals surface area (Å²) in [5.74, 6) is 0. The second-order valence-corrected chi connectivity index (χ2v) is 5.18. The Morgan fingerprint density at radius 1 is 1.11 bits per heavy atom. The molecule has 0 saturated heterocycles. The second kappa shape index (κ2) is 1.79. The Morgan fingerprint density at radius 2 is 1.67 bits per heavy atom. The van der Waals surface area contributed by atoms with Crippen molar-refractivity contribution < 1.29 is 0 Å². The first-order valence-electron chi connectivity index (χ1n) is 3.31. The molecule has 0 fully saturated rings. The highest BCUT2D eigenvalue weighted by Crippen LogP contribution is 2.48. The van der Waals surface area contributed by atoms with Crippen LogP contribution in [0.15, 0.2) is 11.5 Å². The summed E-state index contributed by atoms with van der Waals surface area (Å²) in [6, 6.07) is 0. The van der Waals surface area contributed by atoms with Crippen LogP contribution in [0.1, 0.15) is 27.7 Å². The molecule has 0 N–H and O–H groups in total. The maximum atomic E-state index is 2.29. The molecule has 1 heterocycles. The Kier molecular flexibility index (Phi) is 1.43. The van der Waals surface area contributed by atoms with Crippen LogP contribution in [0.4, 0.5) is 0 Å². The molecule has 0 unspecified atom stereocenters. The summed E-state index contributed by atoms with van der Waals surface area (Å²) in [7, 11) is 0. The SMILES string of the molecule is CC1(C)C=CSC1(C)C. The molecule has 0 atom stereocenters. The van der Waals surface area contributed by atoms with E-state index in [0.29, 0.717) is 10.2 Å². The van der Waals surface area contributed by atoms with Crippen molar-refractivity contribution in [1.82, 2.24) is 0 Å². The third-order valence-corrected chi connectivity index (χ3v) is 3.79. The van der Waals surface area contributed by atoms with E-state index >= 15 is 0 Å². The van der Waals surface area contributed by atoms with Crippen LogP contribution in [0.5, 0.6) is 0 Å². The molecule has 0 radical (unpaired) electrons. The second-order valence-electron chi connectivity index (χ2n) is 3.65. The van der Waals surface area contributed by atoms with Gasteiger partial charge in [0.05, 0.1) is 0 Å². The molecule has 0 saturated carbocycles. The molecule has 1 heteroatoms. The van der Waals surface area contributed by atoms with Crippen LogP contribution in [-0.4, -0.2) is 4.75 Å². The minimum absolute atomic E-state index is 0.373. The van der Waals surface area contributed by atoms with Crippen molar-refractivity contribution in [3.8, 4) is 0 Å². The van der Waals surface area contributed by atoms with Gasteiger partial charge in [0.1, 0.15) is 0 Å². The maximum Gasteiger partial charge on any atom is 0.0230 e. The highest BCUT2D eigenvalue weighted by molar-refractivity contribution is 8.03. The van der Waals surface area contributed by atoms with E-state index in [1.807, 2.05) is 11.8 Å². The molecular formula is C8H14S. The van der Waals surface area contributed by atoms with E-state index < -0.39 is 0 Å². The lowest BCUT2D eigenvalue weighted by Gasteiger charge is -2.32. The minimum Gasteiger partial charge on any atom is -0.127 e. The molecule has 0 aromatic rings. The molecule has 0 nitrogen and oxygen atoms in total. The molecular weight excluding hydrogens is 128 g/mol. The van der Waals surface area contributed by atoms with Gasteiger partial charge < -0.3 is 0 Å². The zero-order valence-electron chi connectivity index (χ0n) is 6.56. The van der Waals surface area contributed by atoms with Crippen LogP contribution in [0.2, 0.25) is 0 Å². The van der Waals surface area contributed by atoms with E-state index in [1.54, 1.807) is 0 Å². The lowest BCUT2D eigenvalue weighted by Crippen LogP contribution is -2.30. The fraction of sp³-hybridized carbons (Fsp3) is 0.750. The van der Waals surface area contributed by atoms with Crippen LogP contribution < -0.4 is 0 Å². The Hall–Kier alpha value is 0.0900. The molecule has 0 aromatic carbocycles. The lowest BCUT2D eigenvalue weighted by atomic mass is 9.81. The highest BCUT2D eigenvalue weighted by atomic mass is 32.2. The van der Waals surface area contributed by atoms with Crippen LogP contribution in [0.25, 0.3) is 0 Å². The summed E-state index contributed by atoms with van der Waals surface area (Å²) in [5, 5.41) is 2.21. The van der Waals surface area contributed by atoms with Crippen LogP contribution in [-0.2, 0) is 0 Å². The first kappa shape index (κ1) is 7.20. The summed E-state index contributed by atoms with van der Waals surface area (Å²) < 4.78 is 0.396. The smallest absolute Gasteiger partial charge is 0.0230 e. The largest absolute Gasteiger partial charge is 0.127 e. The van der Waals surface area contributed by atoms with Gasteiger partial charge >= 0.3 is 0 Å². The first-order chi connectivity index (χ1) is 3.96. The van der Waals surface area contributed by atoms with Gasteiger partial charge in [-0.15, -0.1) is 11.8 Å². The van der Waals surface area contributed by atoms with Crippen LogP contribution >= 0.6 is 11.8 Å². The van der Waals surface area contributed by atoms with Gasteiger partial charge in [-0.05, 0) is 24.7 Å². The molecule has 52 valence electrons. The van der Waals surface area contributed by atoms with Crippen molar-refractivity contribution in [2.45, 2.75) is 32.4 Å². The van der Waals surface area contributed by atoms with E-state index in [9.17, 15) is 0 Å². The monoisotopic (exact) mass is 142 g/mol. The quantitative estimate of drug-likeness (QED) is 0.501. The number of thioether (sulfide) groups is 1. The summed E-state index contributed by atoms with van der Waals surface area (Å²) in [6.45, 7) is 9.14. The van der Waals surface area contributed by atoms with E-state index in [2.05, 4.69) is 39.2 Å². The predicted octanol–water partition coefficient (Wildman–Crippen LogP) is 3.05. The van der Waals surface area contributed by atoms with E-state index in [-0.39, 0.29) is 0 Å². The fourth-order valence-corrected chi connectivity index (χ4v) is 1.85. The summed E-state index contributed by atoms with van der Waals surface area (Å²) >= 11 is 1.93. The van der Waals surface area contributed by atoms with Crippen molar-refractivity contribution in [2.24, 2.45) is 5.41 Å². The van der Waals surface area contributed by atoms with Crippen molar-refractivity contribution in [3.63, 3.8) is 0 Å². The van der Waals surface area contributed by atoms with Crippen molar-refractivity contribution >= 4 is 11.8 Å². The average molecular weight is 142 g/mol. The van der Waals surface area contributed by atoms with Gasteiger partial charge in [-0.2, -0.15) is 0 Å². The van der Waals surface area contributed by atoms with Gasteiger partial charge in [-0.3, -0.25) is 0 Å². The van der Waals surface area contributed by atoms with Gasteiger partial charge in [-0.25, -0.2) is 0 Å². The van der Waals surface area contributed by atoms with E-state index in [4.69, 9.17) is 0 Å². The van der Waals surface area contributed by atoms with Gasteiger partial charge in [0, 0.05) is 4.75 Å². The zero-order valence-corrected chi connectivity index (χ0v) is 7.38. The molecule has 0 spiro atoms. The Morgan fingerprint density at radius 3 is 1.78 bits per heavy atom. The fourth-order valence-electron chi connectivity index (χ4n) is 0.727. The molecule has 1 aliphatic rings. The van der Waals surface area contributed by atoms with Crippen molar-refractivity contribution in [2.75, 3.05) is 0 Å². The average Bonchev–Trinajstić information content (AvgIpc) is 1.81. The van der Waals surface area contributed by atoms with Gasteiger partial charge in [0.25, 0.3) is 0 Å². The number of hydrogen-bond acceptors (Lipinski definition) is 1. The summed E-state index contributed by atoms with van der Waals surface area (Å²) in [4.78, 5) is 0. The van der Waals surface area contributed by atoms with Crippen molar-refractivity contribution in [1.29, 1.82) is 0 Å². The van der Waals surface area contributed by atoms with Crippen molar-refractivity contribution in [3.05, 3.63) is 11.5 Å². The zero-order chi connectivity index (χ0) is 7.12. The van der Waals surface area contributed by atoms with E-state index in [0.717, 1.165) is 0 Å². The van der Waals surface area contributed by atoms with Crippen LogP contribution in [0.3, 0.4) is 0 Å². The molecule has 0 bridgehead atoms. The molecule has 1 rings (SSSR count). The number of rotatable bonds is 0. The topological polar surface area (TPSA) is 0 Å². The minimum atomic E-state index is 0.373. The van der Waals surface area contributed by atoms with Crippen LogP contribution in [0, 0.1) is 5.41 Å². The van der Waals surface area contributed by atoms with Gasteiger partial charge in [-0.1, -0.05) is 19.9 Å². The molecule has 0 aliphatic carbocycles. The van der Waals surface area contributed by atoms with Gasteiger partial charge in [0.2, 0.25) is 0 Å². The third kappa shape index (κ3) is 1.03. The Labute approximate surface area is 61.7 Å². The molecule has 9 heavy (non-hydrogen) atoms. The maximum absolute atomic E-state index is 2.29. The molecule has 0 aromatic heterocycles.